The van der Waals surface area contributed by atoms with Crippen LogP contribution in [0, 0.1) is 0 Å². The van der Waals surface area contributed by atoms with Gasteiger partial charge in [-0.25, -0.2) is 4.79 Å². The van der Waals surface area contributed by atoms with Crippen molar-refractivity contribution < 1.29 is 24.3 Å². The Kier molecular flexibility index (Phi) is 4.47. The predicted molar refractivity (Wildman–Crippen MR) is 64.2 cm³/mol. The molecule has 8 heteroatoms. The Balaban J connectivity index is 2.59. The summed E-state index contributed by atoms with van der Waals surface area (Å²) in [6.45, 7) is 3.75. The second-order valence-corrected chi connectivity index (χ2v) is 4.71. The maximum atomic E-state index is 11.9. The van der Waals surface area contributed by atoms with Crippen LogP contribution in [0.1, 0.15) is 26.7 Å². The van der Waals surface area contributed by atoms with Gasteiger partial charge in [-0.05, 0) is 13.8 Å². The van der Waals surface area contributed by atoms with Crippen LogP contribution in [0.3, 0.4) is 0 Å². The molecule has 1 saturated heterocycles. The number of urea groups is 1. The molecule has 19 heavy (non-hydrogen) atoms. The van der Waals surface area contributed by atoms with Crippen LogP contribution in [-0.4, -0.2) is 52.4 Å². The van der Waals surface area contributed by atoms with Crippen molar-refractivity contribution >= 4 is 23.8 Å². The number of hydrogen-bond acceptors (Lipinski definition) is 4. The first-order chi connectivity index (χ1) is 8.75. The lowest BCUT2D eigenvalue weighted by atomic mass is 9.99. The molecule has 8 nitrogen and oxygen atoms in total. The molecule has 1 aliphatic rings. The number of nitrogens with one attached hydrogen (secondary N) is 2. The maximum Gasteiger partial charge on any atom is 0.324 e. The zero-order valence-corrected chi connectivity index (χ0v) is 10.9. The largest absolute Gasteiger partial charge is 0.481 e. The van der Waals surface area contributed by atoms with E-state index >= 15 is 0 Å². The standard InChI is InChI=1S/C11H17N3O5/c1-11(2)9(18)12-5-6-14(11)10(19)13-7(15)3-4-8(16)17/h3-6H2,1-2H3,(H,12,18)(H,16,17)(H,13,15,19). The molecule has 0 saturated carbocycles. The fraction of sp³-hybridized carbons (Fsp3) is 0.636. The molecule has 0 aromatic carbocycles. The summed E-state index contributed by atoms with van der Waals surface area (Å²) < 4.78 is 0. The summed E-state index contributed by atoms with van der Waals surface area (Å²) in [6.07, 6.45) is -0.621. The van der Waals surface area contributed by atoms with Crippen LogP contribution in [-0.2, 0) is 14.4 Å². The molecule has 0 aliphatic carbocycles. The van der Waals surface area contributed by atoms with E-state index in [9.17, 15) is 19.2 Å². The number of carbonyl (C=O) groups is 4. The molecule has 1 fully saturated rings. The van der Waals surface area contributed by atoms with E-state index < -0.39 is 23.4 Å². The molecule has 0 aromatic rings. The van der Waals surface area contributed by atoms with E-state index in [-0.39, 0.29) is 25.3 Å². The fourth-order valence-electron chi connectivity index (χ4n) is 1.72. The summed E-state index contributed by atoms with van der Waals surface area (Å²) in [5.41, 5.74) is -1.05. The number of carboxylic acid groups (broad SMARTS) is 1. The third-order valence-corrected chi connectivity index (χ3v) is 2.91. The molecule has 1 rings (SSSR count). The summed E-state index contributed by atoms with van der Waals surface area (Å²) in [6, 6.07) is -0.685. The van der Waals surface area contributed by atoms with Crippen LogP contribution in [0.5, 0.6) is 0 Å². The summed E-state index contributed by atoms with van der Waals surface area (Å²) in [5, 5.41) is 13.1. The van der Waals surface area contributed by atoms with Crippen molar-refractivity contribution in [2.24, 2.45) is 0 Å². The van der Waals surface area contributed by atoms with Crippen LogP contribution >= 0.6 is 0 Å². The van der Waals surface area contributed by atoms with Gasteiger partial charge in [-0.1, -0.05) is 0 Å². The van der Waals surface area contributed by atoms with Crippen LogP contribution < -0.4 is 10.6 Å². The molecule has 3 N–H and O–H groups in total. The van der Waals surface area contributed by atoms with E-state index in [1.165, 1.54) is 4.90 Å². The summed E-state index contributed by atoms with van der Waals surface area (Å²) in [4.78, 5) is 46.5. The third-order valence-electron chi connectivity index (χ3n) is 2.91. The van der Waals surface area contributed by atoms with E-state index in [4.69, 9.17) is 5.11 Å². The Morgan fingerprint density at radius 1 is 1.37 bits per heavy atom. The van der Waals surface area contributed by atoms with Crippen LogP contribution in [0.25, 0.3) is 0 Å². The van der Waals surface area contributed by atoms with Crippen molar-refractivity contribution in [2.45, 2.75) is 32.2 Å². The highest BCUT2D eigenvalue weighted by molar-refractivity contribution is 5.98. The van der Waals surface area contributed by atoms with E-state index in [0.717, 1.165) is 0 Å². The molecule has 4 amide bonds. The van der Waals surface area contributed by atoms with Crippen molar-refractivity contribution in [1.82, 2.24) is 15.5 Å². The summed E-state index contributed by atoms with van der Waals surface area (Å²) >= 11 is 0. The van der Waals surface area contributed by atoms with E-state index in [2.05, 4.69) is 10.6 Å². The normalized spacial score (nSPS) is 17.6. The average Bonchev–Trinajstić information content (AvgIpc) is 2.29. The van der Waals surface area contributed by atoms with Crippen molar-refractivity contribution in [2.75, 3.05) is 13.1 Å². The predicted octanol–water partition coefficient (Wildman–Crippen LogP) is -0.702. The molecule has 0 spiro atoms. The monoisotopic (exact) mass is 271 g/mol. The van der Waals surface area contributed by atoms with Gasteiger partial charge in [0, 0.05) is 19.5 Å². The van der Waals surface area contributed by atoms with Crippen LogP contribution in [0.4, 0.5) is 4.79 Å². The van der Waals surface area contributed by atoms with Crippen molar-refractivity contribution in [1.29, 1.82) is 0 Å². The van der Waals surface area contributed by atoms with Crippen molar-refractivity contribution in [3.8, 4) is 0 Å². The van der Waals surface area contributed by atoms with Crippen molar-refractivity contribution in [3.05, 3.63) is 0 Å². The van der Waals surface area contributed by atoms with Gasteiger partial charge >= 0.3 is 12.0 Å². The number of amides is 4. The average molecular weight is 271 g/mol. The summed E-state index contributed by atoms with van der Waals surface area (Å²) in [5.74, 6) is -2.08. The van der Waals surface area contributed by atoms with Gasteiger partial charge in [-0.2, -0.15) is 0 Å². The Bertz CT molecular complexity index is 419. The fourth-order valence-corrected chi connectivity index (χ4v) is 1.72. The van der Waals surface area contributed by atoms with Gasteiger partial charge < -0.3 is 15.3 Å². The Labute approximate surface area is 110 Å². The molecule has 106 valence electrons. The lowest BCUT2D eigenvalue weighted by Gasteiger charge is -2.40. The van der Waals surface area contributed by atoms with Crippen LogP contribution in [0.2, 0.25) is 0 Å². The maximum absolute atomic E-state index is 11.9. The molecule has 0 atom stereocenters. The van der Waals surface area contributed by atoms with E-state index in [1.807, 2.05) is 0 Å². The molecular formula is C11H17N3O5. The van der Waals surface area contributed by atoms with Gasteiger partial charge in [0.15, 0.2) is 0 Å². The van der Waals surface area contributed by atoms with Gasteiger partial charge in [0.1, 0.15) is 5.54 Å². The molecule has 1 aliphatic heterocycles. The second-order valence-electron chi connectivity index (χ2n) is 4.71. The number of imide groups is 1. The third kappa shape index (κ3) is 3.67. The highest BCUT2D eigenvalue weighted by Gasteiger charge is 2.40. The molecule has 1 heterocycles. The van der Waals surface area contributed by atoms with Gasteiger partial charge in [-0.3, -0.25) is 19.7 Å². The number of aliphatic carboxylic acids is 1. The van der Waals surface area contributed by atoms with Crippen molar-refractivity contribution in [3.63, 3.8) is 0 Å². The SMILES string of the molecule is CC1(C)C(=O)NCCN1C(=O)NC(=O)CCC(=O)O. The Morgan fingerprint density at radius 3 is 2.58 bits per heavy atom. The molecule has 0 bridgehead atoms. The molecular weight excluding hydrogens is 254 g/mol. The van der Waals surface area contributed by atoms with Gasteiger partial charge in [0.25, 0.3) is 0 Å². The van der Waals surface area contributed by atoms with E-state index in [0.29, 0.717) is 6.54 Å². The quantitative estimate of drug-likeness (QED) is 0.627. The zero-order chi connectivity index (χ0) is 14.6. The zero-order valence-electron chi connectivity index (χ0n) is 10.9. The highest BCUT2D eigenvalue weighted by Crippen LogP contribution is 2.17. The minimum atomic E-state index is -1.11. The Hall–Kier alpha value is -2.12. The lowest BCUT2D eigenvalue weighted by molar-refractivity contribution is -0.138. The highest BCUT2D eigenvalue weighted by atomic mass is 16.4. The first kappa shape index (κ1) is 14.9. The number of carboxylic acids is 1. The van der Waals surface area contributed by atoms with Crippen LogP contribution in [0.15, 0.2) is 0 Å². The van der Waals surface area contributed by atoms with E-state index in [1.54, 1.807) is 13.8 Å². The topological polar surface area (TPSA) is 116 Å². The lowest BCUT2D eigenvalue weighted by Crippen LogP contribution is -2.65. The number of rotatable bonds is 3. The number of piperazine rings is 1. The van der Waals surface area contributed by atoms with Gasteiger partial charge in [0.2, 0.25) is 11.8 Å². The number of nitrogens with zero attached hydrogens (tertiary/aromatic N) is 1. The molecule has 0 unspecified atom stereocenters. The van der Waals surface area contributed by atoms with Gasteiger partial charge in [-0.15, -0.1) is 0 Å². The number of carbonyl (C=O) groups excluding carboxylic acids is 3. The smallest absolute Gasteiger partial charge is 0.324 e. The minimum absolute atomic E-state index is 0.276. The number of hydrogen-bond donors (Lipinski definition) is 3. The second kappa shape index (κ2) is 5.68. The first-order valence-electron chi connectivity index (χ1n) is 5.86. The minimum Gasteiger partial charge on any atom is -0.481 e. The molecule has 0 aromatic heterocycles. The Morgan fingerprint density at radius 2 is 2.00 bits per heavy atom. The first-order valence-corrected chi connectivity index (χ1v) is 5.86. The molecule has 0 radical (unpaired) electrons. The van der Waals surface area contributed by atoms with Gasteiger partial charge in [0.05, 0.1) is 6.42 Å². The summed E-state index contributed by atoms with van der Waals surface area (Å²) in [7, 11) is 0.